The van der Waals surface area contributed by atoms with E-state index in [-0.39, 0.29) is 11.6 Å². The third-order valence-electron chi connectivity index (χ3n) is 4.41. The van der Waals surface area contributed by atoms with E-state index >= 15 is 0 Å². The Kier molecular flexibility index (Phi) is 6.91. The number of hydrogen-bond donors (Lipinski definition) is 2. The van der Waals surface area contributed by atoms with Crippen LogP contribution in [0.25, 0.3) is 0 Å². The highest BCUT2D eigenvalue weighted by molar-refractivity contribution is 8.13. The second-order valence-electron chi connectivity index (χ2n) is 7.84. The van der Waals surface area contributed by atoms with Gasteiger partial charge in [0.25, 0.3) is 0 Å². The minimum atomic E-state index is -3.81. The first kappa shape index (κ1) is 22.8. The van der Waals surface area contributed by atoms with Gasteiger partial charge in [0.15, 0.2) is 0 Å². The maximum atomic E-state index is 12.2. The molecule has 1 amide bonds. The van der Waals surface area contributed by atoms with E-state index in [1.54, 1.807) is 17.9 Å². The lowest BCUT2D eigenvalue weighted by Crippen LogP contribution is -2.50. The molecule has 1 aromatic rings. The summed E-state index contributed by atoms with van der Waals surface area (Å²) in [6.07, 6.45) is -0.377. The fourth-order valence-electron chi connectivity index (χ4n) is 3.05. The minimum Gasteiger partial charge on any atom is -0.444 e. The van der Waals surface area contributed by atoms with Crippen molar-refractivity contribution in [2.45, 2.75) is 39.0 Å². The molecule has 156 valence electrons. The van der Waals surface area contributed by atoms with E-state index in [2.05, 4.69) is 0 Å². The molecule has 0 unspecified atom stereocenters. The van der Waals surface area contributed by atoms with Gasteiger partial charge in [-0.05, 0) is 50.4 Å². The Morgan fingerprint density at radius 2 is 1.79 bits per heavy atom. The van der Waals surface area contributed by atoms with E-state index in [1.165, 1.54) is 6.07 Å². The van der Waals surface area contributed by atoms with Gasteiger partial charge in [-0.1, -0.05) is 6.07 Å². The van der Waals surface area contributed by atoms with Crippen molar-refractivity contribution < 1.29 is 28.0 Å². The molecule has 2 rings (SSSR count). The molecule has 1 saturated heterocycles. The Morgan fingerprint density at radius 3 is 2.25 bits per heavy atom. The van der Waals surface area contributed by atoms with Gasteiger partial charge < -0.3 is 24.6 Å². The zero-order valence-electron chi connectivity index (χ0n) is 16.5. The molecule has 2 N–H and O–H groups in total. The predicted molar refractivity (Wildman–Crippen MR) is 110 cm³/mol. The highest BCUT2D eigenvalue weighted by Crippen LogP contribution is 2.26. The molecule has 0 bridgehead atoms. The van der Waals surface area contributed by atoms with Gasteiger partial charge in [0.05, 0.1) is 5.75 Å². The first-order chi connectivity index (χ1) is 12.8. The zero-order chi connectivity index (χ0) is 21.3. The lowest BCUT2D eigenvalue weighted by atomic mass is 9.78. The van der Waals surface area contributed by atoms with Crippen LogP contribution in [0.2, 0.25) is 0 Å². The van der Waals surface area contributed by atoms with Crippen LogP contribution in [-0.4, -0.2) is 68.4 Å². The molecule has 0 saturated carbocycles. The summed E-state index contributed by atoms with van der Waals surface area (Å²) in [5, 5.41) is 19.1. The molecule has 1 aliphatic heterocycles. The summed E-state index contributed by atoms with van der Waals surface area (Å²) >= 11 is 0. The van der Waals surface area contributed by atoms with Gasteiger partial charge in [-0.15, -0.1) is 0 Å². The molecule has 1 heterocycles. The Balaban J connectivity index is 2.23. The molecule has 11 heteroatoms. The molecule has 1 aromatic carbocycles. The number of rotatable bonds is 4. The molecule has 0 radical (unpaired) electrons. The number of benzene rings is 1. The molecule has 0 aliphatic carbocycles. The van der Waals surface area contributed by atoms with E-state index in [9.17, 15) is 23.3 Å². The van der Waals surface area contributed by atoms with Gasteiger partial charge in [-0.25, -0.2) is 13.2 Å². The number of hydrogen-bond acceptors (Lipinski definition) is 7. The quantitative estimate of drug-likeness (QED) is 0.535. The van der Waals surface area contributed by atoms with Crippen molar-refractivity contribution >= 4 is 44.1 Å². The van der Waals surface area contributed by atoms with Crippen molar-refractivity contribution in [3.8, 4) is 0 Å². The maximum absolute atomic E-state index is 12.2. The average molecular weight is 433 g/mol. The average Bonchev–Trinajstić information content (AvgIpc) is 2.54. The van der Waals surface area contributed by atoms with E-state index in [4.69, 9.17) is 15.4 Å². The molecular formula is C17H26BClN2O6S. The summed E-state index contributed by atoms with van der Waals surface area (Å²) in [5.41, 5.74) is 1.40. The van der Waals surface area contributed by atoms with Crippen LogP contribution in [0, 0.1) is 6.92 Å². The van der Waals surface area contributed by atoms with Crippen LogP contribution in [0.3, 0.4) is 0 Å². The lowest BCUT2D eigenvalue weighted by Gasteiger charge is -2.37. The standard InChI is InChI=1S/C17H26BClN2O6S/c1-12-13(11-28(19,25)26)9-14(18(23)24)10-15(12)20-5-7-21(8-6-20)16(22)27-17(2,3)4/h9-10,23-24H,5-8,11H2,1-4H3. The third kappa shape index (κ3) is 6.27. The molecule has 8 nitrogen and oxygen atoms in total. The van der Waals surface area contributed by atoms with Crippen molar-refractivity contribution in [2.24, 2.45) is 0 Å². The smallest absolute Gasteiger partial charge is 0.444 e. The summed E-state index contributed by atoms with van der Waals surface area (Å²) in [7, 11) is -0.151. The molecule has 0 atom stereocenters. The summed E-state index contributed by atoms with van der Waals surface area (Å²) in [5.74, 6) is -0.411. The highest BCUT2D eigenvalue weighted by Gasteiger charge is 2.28. The van der Waals surface area contributed by atoms with E-state index in [0.29, 0.717) is 43.0 Å². The van der Waals surface area contributed by atoms with Crippen LogP contribution in [0.1, 0.15) is 31.9 Å². The Morgan fingerprint density at radius 1 is 1.21 bits per heavy atom. The monoisotopic (exact) mass is 432 g/mol. The normalized spacial score (nSPS) is 15.5. The minimum absolute atomic E-state index is 0.186. The van der Waals surface area contributed by atoms with Crippen molar-refractivity contribution in [1.82, 2.24) is 4.90 Å². The fourth-order valence-corrected chi connectivity index (χ4v) is 4.08. The highest BCUT2D eigenvalue weighted by atomic mass is 35.7. The Labute approximate surface area is 170 Å². The van der Waals surface area contributed by atoms with Crippen molar-refractivity contribution in [3.63, 3.8) is 0 Å². The van der Waals surface area contributed by atoms with Crippen LogP contribution in [-0.2, 0) is 19.5 Å². The molecule has 1 fully saturated rings. The van der Waals surface area contributed by atoms with E-state index in [1.807, 2.05) is 25.7 Å². The number of piperazine rings is 1. The first-order valence-electron chi connectivity index (χ1n) is 8.91. The molecular weight excluding hydrogens is 407 g/mol. The summed E-state index contributed by atoms with van der Waals surface area (Å²) in [6.45, 7) is 9.05. The van der Waals surface area contributed by atoms with Crippen LogP contribution >= 0.6 is 10.7 Å². The first-order valence-corrected chi connectivity index (χ1v) is 11.4. The van der Waals surface area contributed by atoms with Gasteiger partial charge in [0.1, 0.15) is 5.60 Å². The zero-order valence-corrected chi connectivity index (χ0v) is 18.0. The predicted octanol–water partition coefficient (Wildman–Crippen LogP) is 0.801. The fraction of sp³-hybridized carbons (Fsp3) is 0.588. The van der Waals surface area contributed by atoms with Gasteiger partial charge in [-0.2, -0.15) is 0 Å². The molecule has 28 heavy (non-hydrogen) atoms. The number of halogens is 1. The SMILES string of the molecule is Cc1c(CS(=O)(=O)Cl)cc(B(O)O)cc1N1CCN(C(=O)OC(C)(C)C)CC1. The number of amides is 1. The number of carbonyl (C=O) groups excluding carboxylic acids is 1. The van der Waals surface area contributed by atoms with Gasteiger partial charge in [0.2, 0.25) is 9.05 Å². The Hall–Kier alpha value is -1.49. The largest absolute Gasteiger partial charge is 0.488 e. The van der Waals surface area contributed by atoms with Crippen LogP contribution in [0.4, 0.5) is 10.5 Å². The lowest BCUT2D eigenvalue weighted by molar-refractivity contribution is 0.0240. The van der Waals surface area contributed by atoms with Crippen LogP contribution in [0.5, 0.6) is 0 Å². The van der Waals surface area contributed by atoms with Crippen LogP contribution in [0.15, 0.2) is 12.1 Å². The third-order valence-corrected chi connectivity index (χ3v) is 5.39. The van der Waals surface area contributed by atoms with E-state index in [0.717, 1.165) is 0 Å². The number of ether oxygens (including phenoxy) is 1. The number of anilines is 1. The van der Waals surface area contributed by atoms with Crippen molar-refractivity contribution in [1.29, 1.82) is 0 Å². The molecule has 0 spiro atoms. The number of carbonyl (C=O) groups is 1. The second kappa shape index (κ2) is 8.48. The molecule has 0 aromatic heterocycles. The topological polar surface area (TPSA) is 107 Å². The maximum Gasteiger partial charge on any atom is 0.488 e. The number of nitrogens with zero attached hydrogens (tertiary/aromatic N) is 2. The van der Waals surface area contributed by atoms with Gasteiger partial charge >= 0.3 is 13.2 Å². The summed E-state index contributed by atoms with van der Waals surface area (Å²) in [4.78, 5) is 15.8. The summed E-state index contributed by atoms with van der Waals surface area (Å²) < 4.78 is 28.4. The Bertz CT molecular complexity index is 833. The van der Waals surface area contributed by atoms with Gasteiger partial charge in [-0.3, -0.25) is 0 Å². The molecule has 1 aliphatic rings. The summed E-state index contributed by atoms with van der Waals surface area (Å²) in [6, 6.07) is 3.05. The van der Waals surface area contributed by atoms with Gasteiger partial charge in [0, 0.05) is 42.5 Å². The van der Waals surface area contributed by atoms with E-state index < -0.39 is 27.5 Å². The second-order valence-corrected chi connectivity index (χ2v) is 10.6. The van der Waals surface area contributed by atoms with Crippen LogP contribution < -0.4 is 10.4 Å². The van der Waals surface area contributed by atoms with Crippen molar-refractivity contribution in [2.75, 3.05) is 31.1 Å². The van der Waals surface area contributed by atoms with Crippen molar-refractivity contribution in [3.05, 3.63) is 23.3 Å².